The van der Waals surface area contributed by atoms with Crippen molar-refractivity contribution in [3.05, 3.63) is 17.7 Å². The second kappa shape index (κ2) is 12.3. The molecule has 28 heavy (non-hydrogen) atoms. The Morgan fingerprint density at radius 3 is 2.14 bits per heavy atom. The molecule has 0 spiro atoms. The molecule has 10 heteroatoms. The fourth-order valence-electron chi connectivity index (χ4n) is 2.36. The number of rotatable bonds is 12. The van der Waals surface area contributed by atoms with Crippen molar-refractivity contribution in [1.82, 2.24) is 15.4 Å². The van der Waals surface area contributed by atoms with E-state index in [1.807, 2.05) is 19.1 Å². The summed E-state index contributed by atoms with van der Waals surface area (Å²) in [4.78, 5) is 4.56. The van der Waals surface area contributed by atoms with Crippen LogP contribution < -0.4 is 29.6 Å². The standard InChI is InChI=1S/C18H32N4O5S/c1-6-19-18(20-9-8-10-22-28(23,24)7-2)21-13-14-11-15(25-3)17(27-5)16(12-14)26-4/h11-12,22H,6-10,13H2,1-5H3,(H2,19,20,21). The van der Waals surface area contributed by atoms with E-state index in [2.05, 4.69) is 20.3 Å². The van der Waals surface area contributed by atoms with Crippen molar-refractivity contribution in [3.63, 3.8) is 0 Å². The van der Waals surface area contributed by atoms with Crippen molar-refractivity contribution in [1.29, 1.82) is 0 Å². The van der Waals surface area contributed by atoms with E-state index >= 15 is 0 Å². The maximum absolute atomic E-state index is 11.4. The summed E-state index contributed by atoms with van der Waals surface area (Å²) in [5.41, 5.74) is 0.905. The van der Waals surface area contributed by atoms with Crippen LogP contribution in [-0.4, -0.2) is 61.1 Å². The zero-order valence-corrected chi connectivity index (χ0v) is 18.1. The van der Waals surface area contributed by atoms with E-state index < -0.39 is 10.0 Å². The number of sulfonamides is 1. The molecule has 0 heterocycles. The predicted molar refractivity (Wildman–Crippen MR) is 111 cm³/mol. The molecule has 0 aromatic heterocycles. The Labute approximate surface area is 167 Å². The van der Waals surface area contributed by atoms with E-state index in [9.17, 15) is 8.42 Å². The second-order valence-corrected chi connectivity index (χ2v) is 7.90. The molecule has 0 aliphatic carbocycles. The lowest BCUT2D eigenvalue weighted by atomic mass is 10.2. The fourth-order valence-corrected chi connectivity index (χ4v) is 3.02. The molecular formula is C18H32N4O5S. The molecule has 1 aromatic carbocycles. The number of benzene rings is 1. The Kier molecular flexibility index (Phi) is 10.5. The van der Waals surface area contributed by atoms with E-state index in [1.54, 1.807) is 28.3 Å². The molecule has 0 unspecified atom stereocenters. The summed E-state index contributed by atoms with van der Waals surface area (Å²) in [7, 11) is 1.55. The van der Waals surface area contributed by atoms with Crippen LogP contribution in [0, 0.1) is 0 Å². The average Bonchev–Trinajstić information content (AvgIpc) is 2.70. The van der Waals surface area contributed by atoms with Gasteiger partial charge in [-0.3, -0.25) is 0 Å². The van der Waals surface area contributed by atoms with E-state index in [1.165, 1.54) is 0 Å². The van der Waals surface area contributed by atoms with E-state index in [4.69, 9.17) is 14.2 Å². The third-order valence-electron chi connectivity index (χ3n) is 3.84. The number of hydrogen-bond donors (Lipinski definition) is 3. The Morgan fingerprint density at radius 1 is 1.00 bits per heavy atom. The van der Waals surface area contributed by atoms with Gasteiger partial charge in [0.2, 0.25) is 15.8 Å². The second-order valence-electron chi connectivity index (χ2n) is 5.81. The monoisotopic (exact) mass is 416 g/mol. The van der Waals surface area contributed by atoms with E-state index in [-0.39, 0.29) is 5.75 Å². The zero-order chi connectivity index (χ0) is 21.0. The smallest absolute Gasteiger partial charge is 0.211 e. The van der Waals surface area contributed by atoms with Crippen molar-refractivity contribution in [2.24, 2.45) is 4.99 Å². The largest absolute Gasteiger partial charge is 0.493 e. The van der Waals surface area contributed by atoms with Crippen LogP contribution in [0.5, 0.6) is 17.2 Å². The van der Waals surface area contributed by atoms with Gasteiger partial charge < -0.3 is 24.8 Å². The Morgan fingerprint density at radius 2 is 1.64 bits per heavy atom. The minimum atomic E-state index is -3.15. The summed E-state index contributed by atoms with van der Waals surface area (Å²) in [6, 6.07) is 3.71. The summed E-state index contributed by atoms with van der Waals surface area (Å²) in [6.45, 7) is 5.69. The molecule has 0 saturated heterocycles. The third kappa shape index (κ3) is 7.81. The highest BCUT2D eigenvalue weighted by molar-refractivity contribution is 7.89. The first kappa shape index (κ1) is 23.8. The summed E-state index contributed by atoms with van der Waals surface area (Å²) in [5.74, 6) is 2.42. The summed E-state index contributed by atoms with van der Waals surface area (Å²) < 4.78 is 41.4. The molecule has 1 rings (SSSR count). The highest BCUT2D eigenvalue weighted by atomic mass is 32.2. The number of guanidine groups is 1. The van der Waals surface area contributed by atoms with Crippen LogP contribution in [0.4, 0.5) is 0 Å². The van der Waals surface area contributed by atoms with Crippen LogP contribution in [0.15, 0.2) is 17.1 Å². The molecule has 0 radical (unpaired) electrons. The van der Waals surface area contributed by atoms with Gasteiger partial charge in [0.25, 0.3) is 0 Å². The fraction of sp³-hybridized carbons (Fsp3) is 0.611. The number of aliphatic imine (C=N–C) groups is 1. The minimum absolute atomic E-state index is 0.0827. The number of methoxy groups -OCH3 is 3. The summed E-state index contributed by atoms with van der Waals surface area (Å²) in [6.07, 6.45) is 0.647. The molecule has 0 saturated carbocycles. The van der Waals surface area contributed by atoms with Crippen molar-refractivity contribution in [3.8, 4) is 17.2 Å². The quantitative estimate of drug-likeness (QED) is 0.266. The van der Waals surface area contributed by atoms with Gasteiger partial charge in [0, 0.05) is 19.6 Å². The molecule has 0 aliphatic rings. The number of nitrogens with one attached hydrogen (secondary N) is 3. The zero-order valence-electron chi connectivity index (χ0n) is 17.3. The normalized spacial score (nSPS) is 11.8. The Bertz CT molecular complexity index is 712. The summed E-state index contributed by atoms with van der Waals surface area (Å²) >= 11 is 0. The van der Waals surface area contributed by atoms with Gasteiger partial charge >= 0.3 is 0 Å². The first-order chi connectivity index (χ1) is 13.4. The molecular weight excluding hydrogens is 384 g/mol. The lowest BCUT2D eigenvalue weighted by Gasteiger charge is -2.14. The molecule has 0 amide bonds. The van der Waals surface area contributed by atoms with Crippen LogP contribution in [0.1, 0.15) is 25.8 Å². The van der Waals surface area contributed by atoms with Gasteiger partial charge in [0.1, 0.15) is 0 Å². The lowest BCUT2D eigenvalue weighted by Crippen LogP contribution is -2.38. The highest BCUT2D eigenvalue weighted by Gasteiger charge is 2.13. The van der Waals surface area contributed by atoms with E-state index in [0.29, 0.717) is 55.8 Å². The summed E-state index contributed by atoms with van der Waals surface area (Å²) in [5, 5.41) is 6.36. The molecule has 160 valence electrons. The predicted octanol–water partition coefficient (Wildman–Crippen LogP) is 1.10. The maximum atomic E-state index is 11.4. The van der Waals surface area contributed by atoms with Crippen LogP contribution in [0.2, 0.25) is 0 Å². The van der Waals surface area contributed by atoms with Gasteiger partial charge in [-0.1, -0.05) is 0 Å². The van der Waals surface area contributed by atoms with Gasteiger partial charge in [-0.15, -0.1) is 0 Å². The molecule has 9 nitrogen and oxygen atoms in total. The first-order valence-corrected chi connectivity index (χ1v) is 10.8. The number of nitrogens with zero attached hydrogens (tertiary/aromatic N) is 1. The van der Waals surface area contributed by atoms with Crippen LogP contribution in [0.3, 0.4) is 0 Å². The maximum Gasteiger partial charge on any atom is 0.211 e. The molecule has 0 atom stereocenters. The van der Waals surface area contributed by atoms with Gasteiger partial charge in [-0.2, -0.15) is 0 Å². The third-order valence-corrected chi connectivity index (χ3v) is 5.24. The van der Waals surface area contributed by atoms with Crippen molar-refractivity contribution in [2.75, 3.05) is 46.7 Å². The van der Waals surface area contributed by atoms with Gasteiger partial charge in [0.05, 0.1) is 33.6 Å². The molecule has 0 aliphatic heterocycles. The van der Waals surface area contributed by atoms with Crippen molar-refractivity contribution in [2.45, 2.75) is 26.8 Å². The molecule has 0 fully saturated rings. The van der Waals surface area contributed by atoms with Gasteiger partial charge in [0.15, 0.2) is 17.5 Å². The number of ether oxygens (including phenoxy) is 3. The Balaban J connectivity index is 2.71. The van der Waals surface area contributed by atoms with Gasteiger partial charge in [-0.05, 0) is 38.0 Å². The van der Waals surface area contributed by atoms with Gasteiger partial charge in [-0.25, -0.2) is 18.1 Å². The highest BCUT2D eigenvalue weighted by Crippen LogP contribution is 2.38. The Hall–Kier alpha value is -2.20. The molecule has 0 bridgehead atoms. The van der Waals surface area contributed by atoms with Crippen molar-refractivity contribution >= 4 is 16.0 Å². The van der Waals surface area contributed by atoms with Crippen LogP contribution in [-0.2, 0) is 16.6 Å². The SMILES string of the molecule is CCNC(=NCc1cc(OC)c(OC)c(OC)c1)NCCCNS(=O)(=O)CC. The van der Waals surface area contributed by atoms with E-state index in [0.717, 1.165) is 5.56 Å². The lowest BCUT2D eigenvalue weighted by molar-refractivity contribution is 0.324. The topological polar surface area (TPSA) is 110 Å². The molecule has 1 aromatic rings. The van der Waals surface area contributed by atoms with Crippen molar-refractivity contribution < 1.29 is 22.6 Å². The molecule has 3 N–H and O–H groups in total. The minimum Gasteiger partial charge on any atom is -0.493 e. The average molecular weight is 417 g/mol. The van der Waals surface area contributed by atoms with Crippen LogP contribution in [0.25, 0.3) is 0 Å². The first-order valence-electron chi connectivity index (χ1n) is 9.19. The van der Waals surface area contributed by atoms with Crippen LogP contribution >= 0.6 is 0 Å². The number of hydrogen-bond acceptors (Lipinski definition) is 6.